The highest BCUT2D eigenvalue weighted by Gasteiger charge is 2.37. The van der Waals surface area contributed by atoms with Crippen LogP contribution in [0.2, 0.25) is 0 Å². The number of nitrogens with zero attached hydrogens (tertiary/aromatic N) is 1. The third-order valence-corrected chi connectivity index (χ3v) is 6.17. The molecule has 3 nitrogen and oxygen atoms in total. The SMILES string of the molecule is OC1c2ccc(F)cc2CC1N1CCC(c2cccc3ccoc23)CC1. The quantitative estimate of drug-likeness (QED) is 0.743. The molecule has 5 rings (SSSR count). The number of halogens is 1. The summed E-state index contributed by atoms with van der Waals surface area (Å²) in [5.74, 6) is 0.265. The molecule has 0 spiro atoms. The molecule has 0 radical (unpaired) electrons. The fourth-order valence-electron chi connectivity index (χ4n) is 4.79. The largest absolute Gasteiger partial charge is 0.464 e. The maximum Gasteiger partial charge on any atom is 0.137 e. The molecule has 26 heavy (non-hydrogen) atoms. The van der Waals surface area contributed by atoms with Gasteiger partial charge in [-0.3, -0.25) is 4.90 Å². The fourth-order valence-corrected chi connectivity index (χ4v) is 4.79. The van der Waals surface area contributed by atoms with Crippen molar-refractivity contribution in [3.8, 4) is 0 Å². The van der Waals surface area contributed by atoms with Crippen LogP contribution < -0.4 is 0 Å². The van der Waals surface area contributed by atoms with Crippen LogP contribution in [0.1, 0.15) is 41.6 Å². The molecule has 2 aliphatic rings. The van der Waals surface area contributed by atoms with E-state index in [1.54, 1.807) is 18.4 Å². The lowest BCUT2D eigenvalue weighted by Crippen LogP contribution is -2.43. The summed E-state index contributed by atoms with van der Waals surface area (Å²) < 4.78 is 19.2. The van der Waals surface area contributed by atoms with Gasteiger partial charge in [0.2, 0.25) is 0 Å². The second kappa shape index (κ2) is 6.22. The van der Waals surface area contributed by atoms with Crippen molar-refractivity contribution >= 4 is 11.0 Å². The topological polar surface area (TPSA) is 36.6 Å². The van der Waals surface area contributed by atoms with Crippen molar-refractivity contribution in [1.29, 1.82) is 0 Å². The zero-order valence-electron chi connectivity index (χ0n) is 14.6. The highest BCUT2D eigenvalue weighted by atomic mass is 19.1. The number of rotatable bonds is 2. The number of hydrogen-bond acceptors (Lipinski definition) is 3. The Bertz CT molecular complexity index is 942. The molecule has 2 aromatic carbocycles. The van der Waals surface area contributed by atoms with Crippen LogP contribution >= 0.6 is 0 Å². The van der Waals surface area contributed by atoms with Gasteiger partial charge in [-0.2, -0.15) is 0 Å². The Morgan fingerprint density at radius 1 is 1.04 bits per heavy atom. The number of fused-ring (bicyclic) bond motifs is 2. The van der Waals surface area contributed by atoms with Gasteiger partial charge in [-0.05, 0) is 73.2 Å². The van der Waals surface area contributed by atoms with Gasteiger partial charge in [0.1, 0.15) is 11.4 Å². The summed E-state index contributed by atoms with van der Waals surface area (Å²) in [5.41, 5.74) is 4.14. The molecule has 2 atom stereocenters. The summed E-state index contributed by atoms with van der Waals surface area (Å²) in [6.45, 7) is 1.89. The summed E-state index contributed by atoms with van der Waals surface area (Å²) >= 11 is 0. The maximum atomic E-state index is 13.5. The lowest BCUT2D eigenvalue weighted by atomic mass is 9.87. The number of benzene rings is 2. The van der Waals surface area contributed by atoms with Gasteiger partial charge in [-0.25, -0.2) is 4.39 Å². The zero-order valence-corrected chi connectivity index (χ0v) is 14.6. The second-order valence-electron chi connectivity index (χ2n) is 7.56. The molecule has 1 aliphatic carbocycles. The van der Waals surface area contributed by atoms with Crippen LogP contribution in [0.25, 0.3) is 11.0 Å². The van der Waals surface area contributed by atoms with Crippen molar-refractivity contribution in [1.82, 2.24) is 4.90 Å². The van der Waals surface area contributed by atoms with Crippen molar-refractivity contribution in [2.24, 2.45) is 0 Å². The van der Waals surface area contributed by atoms with E-state index in [0.29, 0.717) is 5.92 Å². The van der Waals surface area contributed by atoms with Crippen LogP contribution in [0, 0.1) is 5.82 Å². The first-order valence-corrected chi connectivity index (χ1v) is 9.37. The number of aliphatic hydroxyl groups excluding tert-OH is 1. The van der Waals surface area contributed by atoms with E-state index >= 15 is 0 Å². The molecular formula is C22H22FNO2. The molecule has 0 amide bonds. The van der Waals surface area contributed by atoms with Crippen LogP contribution in [-0.2, 0) is 6.42 Å². The molecule has 1 saturated heterocycles. The maximum absolute atomic E-state index is 13.5. The van der Waals surface area contributed by atoms with E-state index in [-0.39, 0.29) is 11.9 Å². The monoisotopic (exact) mass is 351 g/mol. The van der Waals surface area contributed by atoms with Crippen LogP contribution in [0.15, 0.2) is 53.1 Å². The molecule has 1 N–H and O–H groups in total. The van der Waals surface area contributed by atoms with Crippen molar-refractivity contribution < 1.29 is 13.9 Å². The van der Waals surface area contributed by atoms with Crippen LogP contribution in [0.5, 0.6) is 0 Å². The Balaban J connectivity index is 1.31. The average molecular weight is 351 g/mol. The molecule has 4 heteroatoms. The van der Waals surface area contributed by atoms with Crippen molar-refractivity contribution in [2.45, 2.75) is 37.3 Å². The average Bonchev–Trinajstić information content (AvgIpc) is 3.26. The van der Waals surface area contributed by atoms with E-state index in [9.17, 15) is 9.50 Å². The molecule has 1 fully saturated rings. The first-order chi connectivity index (χ1) is 12.7. The Hall–Kier alpha value is -2.17. The normalized spacial score (nSPS) is 24.2. The molecule has 3 aromatic rings. The van der Waals surface area contributed by atoms with Crippen LogP contribution in [-0.4, -0.2) is 29.1 Å². The van der Waals surface area contributed by atoms with E-state index < -0.39 is 6.10 Å². The van der Waals surface area contributed by atoms with Crippen molar-refractivity contribution in [3.63, 3.8) is 0 Å². The highest BCUT2D eigenvalue weighted by molar-refractivity contribution is 5.80. The summed E-state index contributed by atoms with van der Waals surface area (Å²) in [6, 6.07) is 13.2. The minimum atomic E-state index is -0.518. The number of furan rings is 1. The zero-order chi connectivity index (χ0) is 17.7. The lowest BCUT2D eigenvalue weighted by Gasteiger charge is -2.37. The van der Waals surface area contributed by atoms with Gasteiger partial charge < -0.3 is 9.52 Å². The molecule has 1 aromatic heterocycles. The first-order valence-electron chi connectivity index (χ1n) is 9.37. The minimum absolute atomic E-state index is 0.0622. The Morgan fingerprint density at radius 2 is 1.88 bits per heavy atom. The van der Waals surface area contributed by atoms with Crippen molar-refractivity contribution in [2.75, 3.05) is 13.1 Å². The number of likely N-dealkylation sites (tertiary alicyclic amines) is 1. The summed E-state index contributed by atoms with van der Waals surface area (Å²) in [5, 5.41) is 11.9. The molecule has 134 valence electrons. The standard InChI is InChI=1S/C22H22FNO2/c23-17-4-5-18-16(12-17)13-20(21(18)25)24-9-6-14(7-10-24)19-3-1-2-15-8-11-26-22(15)19/h1-5,8,11-12,14,20-21,25H,6-7,9-10,13H2. The molecular weight excluding hydrogens is 329 g/mol. The highest BCUT2D eigenvalue weighted by Crippen LogP contribution is 2.39. The van der Waals surface area contributed by atoms with E-state index in [2.05, 4.69) is 23.1 Å². The van der Waals surface area contributed by atoms with Gasteiger partial charge in [0.15, 0.2) is 0 Å². The minimum Gasteiger partial charge on any atom is -0.464 e. The van der Waals surface area contributed by atoms with E-state index in [0.717, 1.165) is 54.4 Å². The first kappa shape index (κ1) is 16.0. The fraction of sp³-hybridized carbons (Fsp3) is 0.364. The molecule has 0 bridgehead atoms. The number of aliphatic hydroxyl groups is 1. The van der Waals surface area contributed by atoms with Gasteiger partial charge in [0.25, 0.3) is 0 Å². The second-order valence-corrected chi connectivity index (χ2v) is 7.56. The Labute approximate surface area is 152 Å². The van der Waals surface area contributed by atoms with E-state index in [1.807, 2.05) is 6.07 Å². The third-order valence-electron chi connectivity index (χ3n) is 6.17. The van der Waals surface area contributed by atoms with E-state index in [4.69, 9.17) is 4.42 Å². The van der Waals surface area contributed by atoms with Crippen molar-refractivity contribution in [3.05, 3.63) is 71.2 Å². The van der Waals surface area contributed by atoms with Crippen LogP contribution in [0.4, 0.5) is 4.39 Å². The van der Waals surface area contributed by atoms with Gasteiger partial charge in [-0.15, -0.1) is 0 Å². The Morgan fingerprint density at radius 3 is 2.73 bits per heavy atom. The van der Waals surface area contributed by atoms with Crippen LogP contribution in [0.3, 0.4) is 0 Å². The molecule has 1 aliphatic heterocycles. The molecule has 2 unspecified atom stereocenters. The number of hydrogen-bond donors (Lipinski definition) is 1. The van der Waals surface area contributed by atoms with Gasteiger partial charge in [-0.1, -0.05) is 24.3 Å². The predicted molar refractivity (Wildman–Crippen MR) is 98.6 cm³/mol. The molecule has 0 saturated carbocycles. The van der Waals surface area contributed by atoms with Gasteiger partial charge >= 0.3 is 0 Å². The predicted octanol–water partition coefficient (Wildman–Crippen LogP) is 4.41. The van der Waals surface area contributed by atoms with E-state index in [1.165, 1.54) is 11.6 Å². The van der Waals surface area contributed by atoms with Gasteiger partial charge in [0.05, 0.1) is 12.4 Å². The smallest absolute Gasteiger partial charge is 0.137 e. The number of para-hydroxylation sites is 1. The number of piperidine rings is 1. The van der Waals surface area contributed by atoms with Gasteiger partial charge in [0, 0.05) is 11.4 Å². The summed E-state index contributed by atoms with van der Waals surface area (Å²) in [6.07, 6.45) is 4.07. The Kier molecular flexibility index (Phi) is 3.84. The third kappa shape index (κ3) is 2.56. The summed E-state index contributed by atoms with van der Waals surface area (Å²) in [4.78, 5) is 2.38. The lowest BCUT2D eigenvalue weighted by molar-refractivity contribution is 0.0458. The summed E-state index contributed by atoms with van der Waals surface area (Å²) in [7, 11) is 0. The molecule has 2 heterocycles.